The summed E-state index contributed by atoms with van der Waals surface area (Å²) in [5.74, 6) is -0.117. The number of nitrogens with zero attached hydrogens (tertiary/aromatic N) is 1. The Hall–Kier alpha value is -0.990. The lowest BCUT2D eigenvalue weighted by molar-refractivity contribution is -0.148. The second kappa shape index (κ2) is 8.59. The van der Waals surface area contributed by atoms with Gasteiger partial charge in [0.15, 0.2) is 5.60 Å². The molecule has 0 N–H and O–H groups in total. The molecule has 0 unspecified atom stereocenters. The summed E-state index contributed by atoms with van der Waals surface area (Å²) < 4.78 is 5.93. The molecule has 126 valence electrons. The Morgan fingerprint density at radius 3 is 2.14 bits per heavy atom. The molecule has 0 saturated carbocycles. The highest BCUT2D eigenvalue weighted by Gasteiger charge is 2.44. The summed E-state index contributed by atoms with van der Waals surface area (Å²) in [5, 5.41) is 0. The molecule has 0 radical (unpaired) electrons. The van der Waals surface area contributed by atoms with E-state index in [0.717, 1.165) is 38.8 Å². The van der Waals surface area contributed by atoms with Gasteiger partial charge in [-0.05, 0) is 44.9 Å². The van der Waals surface area contributed by atoms with Crippen molar-refractivity contribution in [2.45, 2.75) is 90.1 Å². The van der Waals surface area contributed by atoms with Gasteiger partial charge in [0.05, 0.1) is 5.70 Å². The second-order valence-electron chi connectivity index (χ2n) is 6.91. The van der Waals surface area contributed by atoms with Gasteiger partial charge in [0.2, 0.25) is 0 Å². The fourth-order valence-corrected chi connectivity index (χ4v) is 3.84. The van der Waals surface area contributed by atoms with Gasteiger partial charge in [0.25, 0.3) is 0 Å². The first kappa shape index (κ1) is 17.4. The van der Waals surface area contributed by atoms with Crippen molar-refractivity contribution in [1.82, 2.24) is 4.90 Å². The van der Waals surface area contributed by atoms with Crippen molar-refractivity contribution in [2.24, 2.45) is 0 Å². The Morgan fingerprint density at radius 2 is 1.59 bits per heavy atom. The van der Waals surface area contributed by atoms with E-state index in [-0.39, 0.29) is 11.6 Å². The zero-order chi connectivity index (χ0) is 15.8. The molecule has 2 rings (SSSR count). The highest BCUT2D eigenvalue weighted by atomic mass is 16.6. The van der Waals surface area contributed by atoms with E-state index < -0.39 is 0 Å². The number of esters is 1. The molecular formula is C19H33NO2. The highest BCUT2D eigenvalue weighted by molar-refractivity contribution is 5.86. The molecule has 0 aliphatic carbocycles. The zero-order valence-corrected chi connectivity index (χ0v) is 14.5. The number of hydrogen-bond acceptors (Lipinski definition) is 3. The molecule has 2 aliphatic heterocycles. The summed E-state index contributed by atoms with van der Waals surface area (Å²) in [5.41, 5.74) is 0.878. The molecule has 0 bridgehead atoms. The normalized spacial score (nSPS) is 20.9. The molecule has 1 fully saturated rings. The summed E-state index contributed by atoms with van der Waals surface area (Å²) in [6.07, 6.45) is 14.8. The number of rotatable bonds is 9. The van der Waals surface area contributed by atoms with Crippen molar-refractivity contribution < 1.29 is 9.53 Å². The van der Waals surface area contributed by atoms with E-state index in [1.807, 2.05) is 0 Å². The summed E-state index contributed by atoms with van der Waals surface area (Å²) in [7, 11) is 0. The number of carbonyl (C=O) groups is 1. The fourth-order valence-electron chi connectivity index (χ4n) is 3.84. The molecule has 0 aromatic rings. The Labute approximate surface area is 136 Å². The Balaban J connectivity index is 2.12. The number of hydrogen-bond donors (Lipinski definition) is 0. The molecule has 0 aromatic carbocycles. The van der Waals surface area contributed by atoms with Crippen LogP contribution in [0.3, 0.4) is 0 Å². The topological polar surface area (TPSA) is 29.5 Å². The Bertz CT molecular complexity index is 373. The number of unbranched alkanes of at least 4 members (excludes halogenated alkanes) is 4. The van der Waals surface area contributed by atoms with Crippen LogP contribution in [0.1, 0.15) is 84.5 Å². The van der Waals surface area contributed by atoms with Crippen LogP contribution in [0.15, 0.2) is 11.8 Å². The van der Waals surface area contributed by atoms with Gasteiger partial charge in [0, 0.05) is 19.2 Å². The Kier molecular flexibility index (Phi) is 6.78. The molecule has 3 nitrogen and oxygen atoms in total. The minimum Gasteiger partial charge on any atom is -0.449 e. The van der Waals surface area contributed by atoms with E-state index >= 15 is 0 Å². The van der Waals surface area contributed by atoms with Crippen molar-refractivity contribution >= 4 is 5.97 Å². The lowest BCUT2D eigenvalue weighted by atomic mass is 9.86. The molecule has 22 heavy (non-hydrogen) atoms. The summed E-state index contributed by atoms with van der Waals surface area (Å²) >= 11 is 0. The quantitative estimate of drug-likeness (QED) is 0.452. The third-order valence-electron chi connectivity index (χ3n) is 5.08. The largest absolute Gasteiger partial charge is 0.449 e. The molecule has 2 aliphatic rings. The number of likely N-dealkylation sites (tertiary alicyclic amines) is 1. The first-order valence-corrected chi connectivity index (χ1v) is 9.42. The van der Waals surface area contributed by atoms with Crippen LogP contribution in [0.25, 0.3) is 0 Å². The van der Waals surface area contributed by atoms with Crippen LogP contribution in [-0.4, -0.2) is 29.6 Å². The maximum absolute atomic E-state index is 12.1. The number of carbonyl (C=O) groups excluding carboxylic acids is 1. The van der Waals surface area contributed by atoms with Gasteiger partial charge < -0.3 is 9.64 Å². The van der Waals surface area contributed by atoms with Crippen molar-refractivity contribution in [2.75, 3.05) is 13.1 Å². The van der Waals surface area contributed by atoms with E-state index in [1.54, 1.807) is 6.08 Å². The predicted molar refractivity (Wildman–Crippen MR) is 90.6 cm³/mol. The van der Waals surface area contributed by atoms with Crippen LogP contribution in [0, 0.1) is 0 Å². The fraction of sp³-hybridized carbons (Fsp3) is 0.842. The molecule has 1 saturated heterocycles. The van der Waals surface area contributed by atoms with E-state index in [2.05, 4.69) is 18.7 Å². The van der Waals surface area contributed by atoms with Gasteiger partial charge in [-0.3, -0.25) is 0 Å². The number of cyclic esters (lactones) is 1. The summed E-state index contributed by atoms with van der Waals surface area (Å²) in [6.45, 7) is 6.63. The SMILES string of the molecule is CCCCCC1(CCCCC)OC(=O)C=C1N1CCCCC1. The third-order valence-corrected chi connectivity index (χ3v) is 5.08. The smallest absolute Gasteiger partial charge is 0.333 e. The molecule has 3 heteroatoms. The molecular weight excluding hydrogens is 274 g/mol. The van der Waals surface area contributed by atoms with Crippen molar-refractivity contribution in [1.29, 1.82) is 0 Å². The van der Waals surface area contributed by atoms with Gasteiger partial charge in [-0.2, -0.15) is 0 Å². The van der Waals surface area contributed by atoms with Crippen LogP contribution in [-0.2, 0) is 9.53 Å². The van der Waals surface area contributed by atoms with Crippen molar-refractivity contribution in [3.63, 3.8) is 0 Å². The molecule has 0 atom stereocenters. The minimum atomic E-state index is -0.321. The van der Waals surface area contributed by atoms with Crippen LogP contribution in [0.4, 0.5) is 0 Å². The van der Waals surface area contributed by atoms with E-state index in [4.69, 9.17) is 4.74 Å². The van der Waals surface area contributed by atoms with E-state index in [1.165, 1.54) is 50.6 Å². The molecule has 0 spiro atoms. The first-order chi connectivity index (χ1) is 10.7. The standard InChI is InChI=1S/C19H33NO2/c1-3-5-8-12-19(13-9-6-4-2)17(16-18(21)22-19)20-14-10-7-11-15-20/h16H,3-15H2,1-2H3. The van der Waals surface area contributed by atoms with Gasteiger partial charge >= 0.3 is 5.97 Å². The molecule has 0 amide bonds. The van der Waals surface area contributed by atoms with Crippen molar-refractivity contribution in [3.8, 4) is 0 Å². The lowest BCUT2D eigenvalue weighted by Gasteiger charge is -2.39. The zero-order valence-electron chi connectivity index (χ0n) is 14.5. The van der Waals surface area contributed by atoms with E-state index in [9.17, 15) is 4.79 Å². The van der Waals surface area contributed by atoms with Crippen LogP contribution in [0.5, 0.6) is 0 Å². The minimum absolute atomic E-state index is 0.117. The average molecular weight is 307 g/mol. The highest BCUT2D eigenvalue weighted by Crippen LogP contribution is 2.40. The average Bonchev–Trinajstić information content (AvgIpc) is 2.86. The van der Waals surface area contributed by atoms with Gasteiger partial charge in [-0.15, -0.1) is 0 Å². The maximum atomic E-state index is 12.1. The van der Waals surface area contributed by atoms with Gasteiger partial charge in [-0.25, -0.2) is 4.79 Å². The van der Waals surface area contributed by atoms with Crippen molar-refractivity contribution in [3.05, 3.63) is 11.8 Å². The monoisotopic (exact) mass is 307 g/mol. The molecule has 2 heterocycles. The third kappa shape index (κ3) is 4.27. The lowest BCUT2D eigenvalue weighted by Crippen LogP contribution is -2.42. The first-order valence-electron chi connectivity index (χ1n) is 9.42. The van der Waals surface area contributed by atoms with Gasteiger partial charge in [0.1, 0.15) is 0 Å². The maximum Gasteiger partial charge on any atom is 0.333 e. The van der Waals surface area contributed by atoms with Crippen LogP contribution >= 0.6 is 0 Å². The predicted octanol–water partition coefficient (Wildman–Crippen LogP) is 4.81. The molecule has 0 aromatic heterocycles. The van der Waals surface area contributed by atoms with E-state index in [0.29, 0.717) is 0 Å². The van der Waals surface area contributed by atoms with Crippen LogP contribution in [0.2, 0.25) is 0 Å². The summed E-state index contributed by atoms with van der Waals surface area (Å²) in [6, 6.07) is 0. The summed E-state index contributed by atoms with van der Waals surface area (Å²) in [4.78, 5) is 14.5. The number of piperidine rings is 1. The van der Waals surface area contributed by atoms with Gasteiger partial charge in [-0.1, -0.05) is 39.5 Å². The second-order valence-corrected chi connectivity index (χ2v) is 6.91. The van der Waals surface area contributed by atoms with Crippen LogP contribution < -0.4 is 0 Å². The Morgan fingerprint density at radius 1 is 1.00 bits per heavy atom. The number of ether oxygens (including phenoxy) is 1.